The molecule has 0 fully saturated rings. The van der Waals surface area contributed by atoms with E-state index in [4.69, 9.17) is 0 Å². The standard InChI is InChI=1S/C18H16Br2S2Si.2C6H5.Zr/c1-9-5-11-13(19)7-21-15(11)17(9)23(3,4)18-10(2)6-12-14(20)8-22-16(12)18;2*1-2-4-6-5-3-1;/h5-6,15-16H,1-4H3;2*1-5H;/q-2;2*-1;+4. The first-order valence-corrected chi connectivity index (χ1v) is 17.7. The van der Waals surface area contributed by atoms with Crippen LogP contribution in [-0.2, 0) is 26.2 Å². The summed E-state index contributed by atoms with van der Waals surface area (Å²) in [7, 11) is -1.73. The largest absolute Gasteiger partial charge is 4.00 e. The Morgan fingerprint density at radius 3 is 1.31 bits per heavy atom. The van der Waals surface area contributed by atoms with Gasteiger partial charge in [-0.3, -0.25) is 23.5 Å². The van der Waals surface area contributed by atoms with Gasteiger partial charge in [-0.05, 0) is 24.3 Å². The first-order chi connectivity index (χ1) is 16.8. The van der Waals surface area contributed by atoms with Crippen molar-refractivity contribution in [3.8, 4) is 0 Å². The molecule has 0 aromatic heterocycles. The number of thioether (sulfide) groups is 2. The van der Waals surface area contributed by atoms with Crippen LogP contribution in [0.2, 0.25) is 13.1 Å². The fourth-order valence-corrected chi connectivity index (χ4v) is 14.5. The molecule has 0 N–H and O–H groups in total. The maximum absolute atomic E-state index is 3.67. The van der Waals surface area contributed by atoms with E-state index in [9.17, 15) is 0 Å². The minimum atomic E-state index is -1.73. The third-order valence-electron chi connectivity index (χ3n) is 6.28. The van der Waals surface area contributed by atoms with Crippen molar-refractivity contribution in [2.75, 3.05) is 0 Å². The Morgan fingerprint density at radius 1 is 0.667 bits per heavy atom. The van der Waals surface area contributed by atoms with Crippen LogP contribution in [0.25, 0.3) is 0 Å². The predicted molar refractivity (Wildman–Crippen MR) is 164 cm³/mol. The SMILES string of the molecule is CC1=C([Si](C)(C)C2=C(C)C=C3C(Br)=[C-]SC32)C2S[C-]=C(Br)C2=C1.[Zr+4].[c-]1ccccc1.[c-]1ccccc1. The van der Waals surface area contributed by atoms with Crippen LogP contribution in [0.4, 0.5) is 0 Å². The van der Waals surface area contributed by atoms with Gasteiger partial charge in [0.2, 0.25) is 0 Å². The zero-order valence-corrected chi connectivity index (χ0v) is 28.9. The van der Waals surface area contributed by atoms with Gasteiger partial charge in [-0.15, -0.1) is 21.1 Å². The molecule has 2 heterocycles. The number of fused-ring (bicyclic) bond motifs is 2. The molecular formula is C30H26Br2S2SiZr. The quantitative estimate of drug-likeness (QED) is 0.223. The first kappa shape index (κ1) is 30.2. The molecule has 0 saturated carbocycles. The van der Waals surface area contributed by atoms with Gasteiger partial charge in [0, 0.05) is 0 Å². The second kappa shape index (κ2) is 13.6. The van der Waals surface area contributed by atoms with Gasteiger partial charge < -0.3 is 0 Å². The second-order valence-corrected chi connectivity index (χ2v) is 16.7. The van der Waals surface area contributed by atoms with Gasteiger partial charge in [0.05, 0.1) is 0 Å². The maximum atomic E-state index is 3.67. The van der Waals surface area contributed by atoms with Crippen LogP contribution in [0.15, 0.2) is 114 Å². The van der Waals surface area contributed by atoms with Crippen LogP contribution in [0, 0.1) is 22.9 Å². The molecular weight excluding hydrogens is 704 g/mol. The van der Waals surface area contributed by atoms with Crippen LogP contribution in [0.5, 0.6) is 0 Å². The zero-order valence-electron chi connectivity index (χ0n) is 20.7. The Balaban J connectivity index is 0.000000228. The van der Waals surface area contributed by atoms with E-state index >= 15 is 0 Å². The van der Waals surface area contributed by atoms with Crippen LogP contribution in [0.1, 0.15) is 13.8 Å². The summed E-state index contributed by atoms with van der Waals surface area (Å²) < 4.78 is 2.30. The Bertz CT molecular complexity index is 1110. The summed E-state index contributed by atoms with van der Waals surface area (Å²) in [6, 6.07) is 25.0. The number of benzene rings is 2. The summed E-state index contributed by atoms with van der Waals surface area (Å²) in [6.07, 6.45) is 4.74. The van der Waals surface area contributed by atoms with Gasteiger partial charge in [-0.1, -0.05) is 66.5 Å². The van der Waals surface area contributed by atoms with Gasteiger partial charge in [0.25, 0.3) is 0 Å². The molecule has 2 aromatic carbocycles. The Labute approximate surface area is 262 Å². The molecule has 2 aliphatic carbocycles. The van der Waals surface area contributed by atoms with Crippen LogP contribution in [-0.4, -0.2) is 18.6 Å². The van der Waals surface area contributed by atoms with E-state index < -0.39 is 8.07 Å². The summed E-state index contributed by atoms with van der Waals surface area (Å²) in [4.78, 5) is 0. The fourth-order valence-electron chi connectivity index (χ4n) is 4.91. The molecule has 0 nitrogen and oxygen atoms in total. The topological polar surface area (TPSA) is 0 Å². The van der Waals surface area contributed by atoms with E-state index in [0.717, 1.165) is 8.96 Å². The maximum Gasteiger partial charge on any atom is 4.00 e. The number of halogens is 2. The van der Waals surface area contributed by atoms with E-state index in [-0.39, 0.29) is 26.2 Å². The molecule has 180 valence electrons. The van der Waals surface area contributed by atoms with Gasteiger partial charge >= 0.3 is 26.2 Å². The summed E-state index contributed by atoms with van der Waals surface area (Å²) in [5.74, 6) is 0. The van der Waals surface area contributed by atoms with E-state index in [1.54, 1.807) is 10.4 Å². The number of allylic oxidation sites excluding steroid dienone is 6. The monoisotopic (exact) mass is 726 g/mol. The number of hydrogen-bond acceptors (Lipinski definition) is 2. The molecule has 2 atom stereocenters. The molecule has 6 heteroatoms. The number of rotatable bonds is 2. The molecule has 0 spiro atoms. The molecule has 2 aliphatic heterocycles. The third kappa shape index (κ3) is 6.61. The van der Waals surface area contributed by atoms with Crippen molar-refractivity contribution >= 4 is 63.5 Å². The van der Waals surface area contributed by atoms with E-state index in [0.29, 0.717) is 10.5 Å². The molecule has 0 radical (unpaired) electrons. The summed E-state index contributed by atoms with van der Waals surface area (Å²) >= 11 is 11.0. The Kier molecular flexibility index (Phi) is 11.4. The molecule has 4 aliphatic rings. The Morgan fingerprint density at radius 2 is 1.03 bits per heavy atom. The van der Waals surface area contributed by atoms with Crippen LogP contribution >= 0.6 is 55.4 Å². The van der Waals surface area contributed by atoms with Gasteiger partial charge in [-0.25, -0.2) is 0 Å². The van der Waals surface area contributed by atoms with Crippen molar-refractivity contribution in [2.45, 2.75) is 37.4 Å². The normalized spacial score (nSPS) is 21.6. The molecule has 0 bridgehead atoms. The van der Waals surface area contributed by atoms with Crippen molar-refractivity contribution in [1.29, 1.82) is 0 Å². The average Bonchev–Trinajstić information content (AvgIpc) is 3.59. The summed E-state index contributed by atoms with van der Waals surface area (Å²) in [5.41, 5.74) is 5.77. The van der Waals surface area contributed by atoms with Crippen LogP contribution < -0.4 is 0 Å². The van der Waals surface area contributed by atoms with E-state index in [1.165, 1.54) is 22.3 Å². The smallest absolute Gasteiger partial charge is 0.251 e. The third-order valence-corrected chi connectivity index (χ3v) is 14.7. The van der Waals surface area contributed by atoms with E-state index in [2.05, 4.69) is 93.9 Å². The predicted octanol–water partition coefficient (Wildman–Crippen LogP) is 9.57. The van der Waals surface area contributed by atoms with E-state index in [1.807, 2.05) is 84.2 Å². The molecule has 0 amide bonds. The Hall–Kier alpha value is -0.360. The molecule has 2 aromatic rings. The minimum Gasteiger partial charge on any atom is -0.251 e. The molecule has 0 saturated heterocycles. The van der Waals surface area contributed by atoms with Crippen molar-refractivity contribution < 1.29 is 26.2 Å². The van der Waals surface area contributed by atoms with Gasteiger partial charge in [-0.2, -0.15) is 94.8 Å². The first-order valence-electron chi connectivity index (χ1n) is 11.4. The van der Waals surface area contributed by atoms with Crippen molar-refractivity contribution in [2.24, 2.45) is 0 Å². The van der Waals surface area contributed by atoms with Gasteiger partial charge in [0.15, 0.2) is 0 Å². The zero-order chi connectivity index (χ0) is 25.0. The van der Waals surface area contributed by atoms with Crippen molar-refractivity contribution in [1.82, 2.24) is 0 Å². The van der Waals surface area contributed by atoms with Crippen molar-refractivity contribution in [3.63, 3.8) is 0 Å². The van der Waals surface area contributed by atoms with Gasteiger partial charge in [0.1, 0.15) is 8.07 Å². The fraction of sp³-hybridized carbons (Fsp3) is 0.200. The molecule has 6 rings (SSSR count). The molecule has 2 unspecified atom stereocenters. The second-order valence-electron chi connectivity index (χ2n) is 9.00. The van der Waals surface area contributed by atoms with Crippen molar-refractivity contribution in [3.05, 3.63) is 137 Å². The van der Waals surface area contributed by atoms with Crippen LogP contribution in [0.3, 0.4) is 0 Å². The summed E-state index contributed by atoms with van der Waals surface area (Å²) in [5, 5.41) is 11.1. The number of hydrogen-bond donors (Lipinski definition) is 0. The molecule has 36 heavy (non-hydrogen) atoms. The minimum absolute atomic E-state index is 0. The average molecular weight is 730 g/mol. The summed E-state index contributed by atoms with van der Waals surface area (Å²) in [6.45, 7) is 9.63.